The van der Waals surface area contributed by atoms with Crippen LogP contribution in [0.3, 0.4) is 0 Å². The summed E-state index contributed by atoms with van der Waals surface area (Å²) in [6.45, 7) is 1.59. The van der Waals surface area contributed by atoms with Gasteiger partial charge in [0.1, 0.15) is 4.90 Å². The Balaban J connectivity index is 2.37. The summed E-state index contributed by atoms with van der Waals surface area (Å²) in [7, 11) is -2.59. The normalized spacial score (nSPS) is 11.2. The molecule has 1 aromatic heterocycles. The largest absolute Gasteiger partial charge is 0.465 e. The number of halogens is 1. The molecule has 0 aliphatic heterocycles. The van der Waals surface area contributed by atoms with Crippen molar-refractivity contribution in [1.82, 2.24) is 10.2 Å². The molecule has 9 heteroatoms. The molecule has 21 heavy (non-hydrogen) atoms. The van der Waals surface area contributed by atoms with Gasteiger partial charge in [-0.2, -0.15) is 5.10 Å². The van der Waals surface area contributed by atoms with Gasteiger partial charge in [-0.3, -0.25) is 9.82 Å². The van der Waals surface area contributed by atoms with E-state index in [1.165, 1.54) is 31.5 Å². The summed E-state index contributed by atoms with van der Waals surface area (Å²) in [5.41, 5.74) is 0.674. The van der Waals surface area contributed by atoms with E-state index < -0.39 is 16.0 Å². The molecule has 1 aromatic carbocycles. The van der Waals surface area contributed by atoms with Gasteiger partial charge in [0.25, 0.3) is 10.0 Å². The maximum atomic E-state index is 12.2. The Morgan fingerprint density at radius 1 is 1.43 bits per heavy atom. The van der Waals surface area contributed by atoms with Gasteiger partial charge >= 0.3 is 5.97 Å². The van der Waals surface area contributed by atoms with Crippen molar-refractivity contribution < 1.29 is 17.9 Å². The molecule has 0 saturated heterocycles. The Hall–Kier alpha value is -2.06. The van der Waals surface area contributed by atoms with Crippen LogP contribution in [0.15, 0.2) is 29.3 Å². The van der Waals surface area contributed by atoms with Gasteiger partial charge in [-0.25, -0.2) is 13.2 Å². The molecule has 1 heterocycles. The maximum absolute atomic E-state index is 12.2. The summed E-state index contributed by atoms with van der Waals surface area (Å²) in [5.74, 6) is -0.652. The average Bonchev–Trinajstić information content (AvgIpc) is 2.87. The van der Waals surface area contributed by atoms with Gasteiger partial charge < -0.3 is 4.74 Å². The SMILES string of the molecule is COC(=O)c1cc(NS(=O)(=O)c2cn[nH]c2C)ccc1Cl. The first-order valence-corrected chi connectivity index (χ1v) is 7.62. The van der Waals surface area contributed by atoms with Crippen LogP contribution in [0.25, 0.3) is 0 Å². The lowest BCUT2D eigenvalue weighted by molar-refractivity contribution is 0.0601. The molecule has 2 N–H and O–H groups in total. The lowest BCUT2D eigenvalue weighted by Gasteiger charge is -2.09. The third-order valence-electron chi connectivity index (χ3n) is 2.70. The predicted molar refractivity (Wildman–Crippen MR) is 76.9 cm³/mol. The van der Waals surface area contributed by atoms with Crippen LogP contribution < -0.4 is 4.72 Å². The highest BCUT2D eigenvalue weighted by atomic mass is 35.5. The molecule has 0 aliphatic carbocycles. The quantitative estimate of drug-likeness (QED) is 0.835. The van der Waals surface area contributed by atoms with Crippen LogP contribution in [0.2, 0.25) is 5.02 Å². The number of carbonyl (C=O) groups is 1. The van der Waals surface area contributed by atoms with Gasteiger partial charge in [0.05, 0.1) is 29.6 Å². The molecule has 0 aliphatic rings. The van der Waals surface area contributed by atoms with E-state index in [0.717, 1.165) is 0 Å². The number of nitrogens with zero attached hydrogens (tertiary/aromatic N) is 1. The molecule has 0 radical (unpaired) electrons. The van der Waals surface area contributed by atoms with Crippen LogP contribution in [-0.4, -0.2) is 31.7 Å². The third-order valence-corrected chi connectivity index (χ3v) is 4.52. The van der Waals surface area contributed by atoms with Crippen molar-refractivity contribution in [1.29, 1.82) is 0 Å². The molecular weight excluding hydrogens is 318 g/mol. The number of anilines is 1. The number of H-pyrrole nitrogens is 1. The molecular formula is C12H12ClN3O4S. The molecule has 2 aromatic rings. The van der Waals surface area contributed by atoms with Gasteiger partial charge in [-0.05, 0) is 25.1 Å². The molecule has 0 atom stereocenters. The molecule has 0 bridgehead atoms. The van der Waals surface area contributed by atoms with Crippen molar-refractivity contribution in [3.8, 4) is 0 Å². The summed E-state index contributed by atoms with van der Waals surface area (Å²) < 4.78 is 31.3. The number of hydrogen-bond acceptors (Lipinski definition) is 5. The van der Waals surface area contributed by atoms with E-state index in [4.69, 9.17) is 11.6 Å². The average molecular weight is 330 g/mol. The van der Waals surface area contributed by atoms with Gasteiger partial charge in [0.2, 0.25) is 0 Å². The fourth-order valence-corrected chi connectivity index (χ4v) is 3.06. The summed E-state index contributed by atoms with van der Waals surface area (Å²) in [6.07, 6.45) is 1.20. The zero-order chi connectivity index (χ0) is 15.6. The summed E-state index contributed by atoms with van der Waals surface area (Å²) in [5, 5.41) is 6.38. The molecule has 112 valence electrons. The van der Waals surface area contributed by atoms with Crippen LogP contribution in [0.5, 0.6) is 0 Å². The molecule has 0 fully saturated rings. The van der Waals surface area contributed by atoms with Crippen molar-refractivity contribution >= 4 is 33.3 Å². The number of ether oxygens (including phenoxy) is 1. The van der Waals surface area contributed by atoms with Crippen LogP contribution in [0, 0.1) is 6.92 Å². The van der Waals surface area contributed by atoms with Gasteiger partial charge in [0.15, 0.2) is 0 Å². The number of hydrogen-bond donors (Lipinski definition) is 2. The monoisotopic (exact) mass is 329 g/mol. The zero-order valence-electron chi connectivity index (χ0n) is 11.2. The third kappa shape index (κ3) is 3.17. The number of aromatic amines is 1. The molecule has 0 saturated carbocycles. The van der Waals surface area contributed by atoms with E-state index in [0.29, 0.717) is 5.69 Å². The first-order valence-electron chi connectivity index (χ1n) is 5.76. The maximum Gasteiger partial charge on any atom is 0.339 e. The number of carbonyl (C=O) groups excluding carboxylic acids is 1. The highest BCUT2D eigenvalue weighted by Gasteiger charge is 2.20. The number of aryl methyl sites for hydroxylation is 1. The van der Waals surface area contributed by atoms with Crippen LogP contribution in [-0.2, 0) is 14.8 Å². The summed E-state index contributed by atoms with van der Waals surface area (Å²) in [6, 6.07) is 4.16. The Kier molecular flexibility index (Phi) is 4.19. The summed E-state index contributed by atoms with van der Waals surface area (Å²) in [4.78, 5) is 11.6. The van der Waals surface area contributed by atoms with Gasteiger partial charge in [-0.1, -0.05) is 11.6 Å². The molecule has 0 amide bonds. The minimum atomic E-state index is -3.80. The molecule has 7 nitrogen and oxygen atoms in total. The number of aromatic nitrogens is 2. The fourth-order valence-electron chi connectivity index (χ4n) is 1.68. The second kappa shape index (κ2) is 5.74. The van der Waals surface area contributed by atoms with Crippen LogP contribution in [0.1, 0.15) is 16.1 Å². The number of methoxy groups -OCH3 is 1. The number of benzene rings is 1. The Labute approximate surface area is 126 Å². The first kappa shape index (κ1) is 15.3. The highest BCUT2D eigenvalue weighted by Crippen LogP contribution is 2.24. The smallest absolute Gasteiger partial charge is 0.339 e. The van der Waals surface area contributed by atoms with Crippen molar-refractivity contribution in [2.24, 2.45) is 0 Å². The van der Waals surface area contributed by atoms with E-state index in [2.05, 4.69) is 19.7 Å². The number of nitrogens with one attached hydrogen (secondary N) is 2. The standard InChI is InChI=1S/C12H12ClN3O4S/c1-7-11(6-14-15-7)21(18,19)16-8-3-4-10(13)9(5-8)12(17)20-2/h3-6,16H,1-2H3,(H,14,15). The molecule has 0 unspecified atom stereocenters. The van der Waals surface area contributed by atoms with E-state index in [1.807, 2.05) is 0 Å². The fraction of sp³-hybridized carbons (Fsp3) is 0.167. The lowest BCUT2D eigenvalue weighted by Crippen LogP contribution is -2.14. The summed E-state index contributed by atoms with van der Waals surface area (Å²) >= 11 is 5.87. The van der Waals surface area contributed by atoms with E-state index in [9.17, 15) is 13.2 Å². The van der Waals surface area contributed by atoms with E-state index in [-0.39, 0.29) is 21.2 Å². The van der Waals surface area contributed by atoms with Crippen molar-refractivity contribution in [3.63, 3.8) is 0 Å². The van der Waals surface area contributed by atoms with E-state index in [1.54, 1.807) is 6.92 Å². The minimum Gasteiger partial charge on any atom is -0.465 e. The van der Waals surface area contributed by atoms with E-state index >= 15 is 0 Å². The predicted octanol–water partition coefficient (Wildman–Crippen LogP) is 1.96. The topological polar surface area (TPSA) is 101 Å². The second-order valence-electron chi connectivity index (χ2n) is 4.15. The van der Waals surface area contributed by atoms with Crippen molar-refractivity contribution in [3.05, 3.63) is 40.7 Å². The second-order valence-corrected chi connectivity index (χ2v) is 6.21. The highest BCUT2D eigenvalue weighted by molar-refractivity contribution is 7.92. The van der Waals surface area contributed by atoms with Crippen LogP contribution >= 0.6 is 11.6 Å². The lowest BCUT2D eigenvalue weighted by atomic mass is 10.2. The number of rotatable bonds is 4. The van der Waals surface area contributed by atoms with Gasteiger partial charge in [0, 0.05) is 5.69 Å². The Bertz CT molecular complexity index is 786. The Morgan fingerprint density at radius 3 is 2.71 bits per heavy atom. The van der Waals surface area contributed by atoms with Crippen molar-refractivity contribution in [2.45, 2.75) is 11.8 Å². The first-order chi connectivity index (χ1) is 9.85. The molecule has 2 rings (SSSR count). The van der Waals surface area contributed by atoms with Crippen molar-refractivity contribution in [2.75, 3.05) is 11.8 Å². The van der Waals surface area contributed by atoms with Crippen LogP contribution in [0.4, 0.5) is 5.69 Å². The van der Waals surface area contributed by atoms with Gasteiger partial charge in [-0.15, -0.1) is 0 Å². The number of sulfonamides is 1. The minimum absolute atomic E-state index is 0.0251. The Morgan fingerprint density at radius 2 is 2.14 bits per heavy atom. The zero-order valence-corrected chi connectivity index (χ0v) is 12.7. The molecule has 0 spiro atoms. The number of esters is 1.